The Morgan fingerprint density at radius 2 is 1.87 bits per heavy atom. The smallest absolute Gasteiger partial charge is 0.271 e. The average molecular weight is 319 g/mol. The van der Waals surface area contributed by atoms with Crippen molar-refractivity contribution >= 4 is 17.3 Å². The molecule has 0 radical (unpaired) electrons. The van der Waals surface area contributed by atoms with E-state index >= 15 is 0 Å². The summed E-state index contributed by atoms with van der Waals surface area (Å²) >= 11 is 0. The van der Waals surface area contributed by atoms with Crippen molar-refractivity contribution in [3.8, 4) is 0 Å². The lowest BCUT2D eigenvalue weighted by Gasteiger charge is -2.20. The van der Waals surface area contributed by atoms with Gasteiger partial charge < -0.3 is 10.6 Å². The third-order valence-corrected chi connectivity index (χ3v) is 4.36. The summed E-state index contributed by atoms with van der Waals surface area (Å²) in [5, 5.41) is 16.9. The van der Waals surface area contributed by atoms with Crippen LogP contribution in [0.15, 0.2) is 18.2 Å². The van der Waals surface area contributed by atoms with Crippen LogP contribution in [0.5, 0.6) is 0 Å². The highest BCUT2D eigenvalue weighted by molar-refractivity contribution is 5.93. The van der Waals surface area contributed by atoms with Crippen LogP contribution in [0.1, 0.15) is 50.5 Å². The molecule has 0 heterocycles. The lowest BCUT2D eigenvalue weighted by Crippen LogP contribution is -2.36. The van der Waals surface area contributed by atoms with Gasteiger partial charge in [-0.25, -0.2) is 0 Å². The van der Waals surface area contributed by atoms with Crippen LogP contribution in [0.25, 0.3) is 0 Å². The molecule has 1 aromatic carbocycles. The summed E-state index contributed by atoms with van der Waals surface area (Å²) in [6, 6.07) is 4.89. The van der Waals surface area contributed by atoms with Crippen LogP contribution in [-0.4, -0.2) is 23.4 Å². The highest BCUT2D eigenvalue weighted by Gasteiger charge is 2.14. The predicted octanol–water partition coefficient (Wildman–Crippen LogP) is 3.54. The Balaban J connectivity index is 1.86. The third-order valence-electron chi connectivity index (χ3n) is 4.36. The molecule has 1 aliphatic rings. The number of hydrogen-bond donors (Lipinski definition) is 2. The van der Waals surface area contributed by atoms with Crippen LogP contribution in [0.3, 0.4) is 0 Å². The lowest BCUT2D eigenvalue weighted by atomic mass is 9.97. The van der Waals surface area contributed by atoms with Crippen LogP contribution < -0.4 is 10.6 Å². The topological polar surface area (TPSA) is 84.3 Å². The van der Waals surface area contributed by atoms with Gasteiger partial charge in [0.25, 0.3) is 5.69 Å². The van der Waals surface area contributed by atoms with Crippen molar-refractivity contribution in [1.29, 1.82) is 0 Å². The van der Waals surface area contributed by atoms with Crippen molar-refractivity contribution in [2.45, 2.75) is 57.9 Å². The molecule has 1 amide bonds. The molecule has 1 saturated carbocycles. The van der Waals surface area contributed by atoms with Gasteiger partial charge in [-0.2, -0.15) is 0 Å². The molecule has 1 aliphatic carbocycles. The normalized spacial score (nSPS) is 16.4. The zero-order valence-corrected chi connectivity index (χ0v) is 13.6. The quantitative estimate of drug-likeness (QED) is 0.642. The third kappa shape index (κ3) is 5.63. The molecule has 0 aliphatic heterocycles. The van der Waals surface area contributed by atoms with E-state index in [-0.39, 0.29) is 18.1 Å². The highest BCUT2D eigenvalue weighted by atomic mass is 16.6. The summed E-state index contributed by atoms with van der Waals surface area (Å²) in [7, 11) is 0. The van der Waals surface area contributed by atoms with Gasteiger partial charge in [-0.15, -0.1) is 0 Å². The molecule has 23 heavy (non-hydrogen) atoms. The first kappa shape index (κ1) is 17.4. The molecule has 0 saturated heterocycles. The maximum Gasteiger partial charge on any atom is 0.271 e. The Morgan fingerprint density at radius 1 is 1.22 bits per heavy atom. The van der Waals surface area contributed by atoms with Crippen molar-refractivity contribution in [2.75, 3.05) is 11.9 Å². The van der Waals surface area contributed by atoms with Gasteiger partial charge in [-0.3, -0.25) is 14.9 Å². The number of carbonyl (C=O) groups excluding carboxylic acids is 1. The van der Waals surface area contributed by atoms with Gasteiger partial charge in [-0.05, 0) is 25.3 Å². The Bertz CT molecular complexity index is 552. The number of nitrogens with one attached hydrogen (secondary N) is 2. The van der Waals surface area contributed by atoms with Gasteiger partial charge in [0, 0.05) is 18.2 Å². The number of nitro benzene ring substituents is 1. The number of amides is 1. The number of rotatable bonds is 5. The van der Waals surface area contributed by atoms with E-state index in [0.717, 1.165) is 18.4 Å². The van der Waals surface area contributed by atoms with Crippen LogP contribution in [0, 0.1) is 17.0 Å². The number of aryl methyl sites for hydroxylation is 1. The summed E-state index contributed by atoms with van der Waals surface area (Å²) in [5.74, 6) is -0.157. The van der Waals surface area contributed by atoms with Gasteiger partial charge in [-0.1, -0.05) is 38.2 Å². The molecule has 0 spiro atoms. The predicted molar refractivity (Wildman–Crippen MR) is 90.6 cm³/mol. The molecule has 6 heteroatoms. The Labute approximate surface area is 136 Å². The standard InChI is InChI=1S/C17H25N3O3/c1-13-9-10-15(20(22)23)11-16(13)19-17(21)12-18-14-7-5-3-2-4-6-8-14/h9-11,14,18H,2-8,12H2,1H3,(H,19,21). The number of benzene rings is 1. The molecular formula is C17H25N3O3. The van der Waals surface area contributed by atoms with E-state index in [2.05, 4.69) is 10.6 Å². The summed E-state index contributed by atoms with van der Waals surface area (Å²) in [6.07, 6.45) is 8.52. The summed E-state index contributed by atoms with van der Waals surface area (Å²) in [6.45, 7) is 2.06. The van der Waals surface area contributed by atoms with Crippen molar-refractivity contribution in [3.05, 3.63) is 33.9 Å². The molecule has 2 N–H and O–H groups in total. The second kappa shape index (κ2) is 8.62. The molecule has 0 aromatic heterocycles. The SMILES string of the molecule is Cc1ccc([N+](=O)[O-])cc1NC(=O)CNC1CCCCCCC1. The van der Waals surface area contributed by atoms with Crippen LogP contribution in [0.4, 0.5) is 11.4 Å². The second-order valence-electron chi connectivity index (χ2n) is 6.23. The Kier molecular flexibility index (Phi) is 6.52. The maximum absolute atomic E-state index is 12.1. The minimum absolute atomic E-state index is 0.0149. The fourth-order valence-corrected chi connectivity index (χ4v) is 2.95. The highest BCUT2D eigenvalue weighted by Crippen LogP contribution is 2.22. The Morgan fingerprint density at radius 3 is 2.52 bits per heavy atom. The minimum Gasteiger partial charge on any atom is -0.324 e. The first-order chi connectivity index (χ1) is 11.1. The van der Waals surface area contributed by atoms with Crippen LogP contribution in [-0.2, 0) is 4.79 Å². The van der Waals surface area contributed by atoms with Gasteiger partial charge in [0.1, 0.15) is 0 Å². The van der Waals surface area contributed by atoms with E-state index in [9.17, 15) is 14.9 Å². The van der Waals surface area contributed by atoms with Crippen molar-refractivity contribution in [3.63, 3.8) is 0 Å². The summed E-state index contributed by atoms with van der Waals surface area (Å²) in [5.41, 5.74) is 1.30. The fraction of sp³-hybridized carbons (Fsp3) is 0.588. The van der Waals surface area contributed by atoms with E-state index in [1.807, 2.05) is 6.92 Å². The molecule has 0 unspecified atom stereocenters. The Hall–Kier alpha value is -1.95. The van der Waals surface area contributed by atoms with E-state index in [1.54, 1.807) is 6.07 Å². The maximum atomic E-state index is 12.1. The van der Waals surface area contributed by atoms with E-state index in [4.69, 9.17) is 0 Å². The molecule has 2 rings (SSSR count). The number of nitro groups is 1. The minimum atomic E-state index is -0.456. The monoisotopic (exact) mass is 319 g/mol. The first-order valence-electron chi connectivity index (χ1n) is 8.34. The van der Waals surface area contributed by atoms with Gasteiger partial charge in [0.15, 0.2) is 0 Å². The lowest BCUT2D eigenvalue weighted by molar-refractivity contribution is -0.384. The molecule has 1 fully saturated rings. The largest absolute Gasteiger partial charge is 0.324 e. The van der Waals surface area contributed by atoms with Gasteiger partial charge >= 0.3 is 0 Å². The summed E-state index contributed by atoms with van der Waals surface area (Å²) < 4.78 is 0. The molecule has 1 aromatic rings. The second-order valence-corrected chi connectivity index (χ2v) is 6.23. The molecule has 126 valence electrons. The fourth-order valence-electron chi connectivity index (χ4n) is 2.95. The van der Waals surface area contributed by atoms with Crippen LogP contribution >= 0.6 is 0 Å². The number of anilines is 1. The van der Waals surface area contributed by atoms with E-state index in [0.29, 0.717) is 11.7 Å². The molecule has 6 nitrogen and oxygen atoms in total. The van der Waals surface area contributed by atoms with Crippen molar-refractivity contribution in [1.82, 2.24) is 5.32 Å². The number of hydrogen-bond acceptors (Lipinski definition) is 4. The summed E-state index contributed by atoms with van der Waals surface area (Å²) in [4.78, 5) is 22.5. The first-order valence-corrected chi connectivity index (χ1v) is 8.34. The van der Waals surface area contributed by atoms with Crippen LogP contribution in [0.2, 0.25) is 0 Å². The number of carbonyl (C=O) groups is 1. The van der Waals surface area contributed by atoms with E-state index < -0.39 is 4.92 Å². The number of non-ortho nitro benzene ring substituents is 1. The molecule has 0 bridgehead atoms. The van der Waals surface area contributed by atoms with Gasteiger partial charge in [0.05, 0.1) is 17.2 Å². The average Bonchev–Trinajstić information content (AvgIpc) is 2.48. The zero-order chi connectivity index (χ0) is 16.7. The molecular weight excluding hydrogens is 294 g/mol. The molecule has 0 atom stereocenters. The van der Waals surface area contributed by atoms with E-state index in [1.165, 1.54) is 44.2 Å². The van der Waals surface area contributed by atoms with Crippen molar-refractivity contribution in [2.24, 2.45) is 0 Å². The van der Waals surface area contributed by atoms with Gasteiger partial charge in [0.2, 0.25) is 5.91 Å². The van der Waals surface area contributed by atoms with Crippen molar-refractivity contribution < 1.29 is 9.72 Å². The zero-order valence-electron chi connectivity index (χ0n) is 13.6. The number of nitrogens with zero attached hydrogens (tertiary/aromatic N) is 1.